The normalized spacial score (nSPS) is 11.5. The van der Waals surface area contributed by atoms with Crippen LogP contribution in [0.25, 0.3) is 0 Å². The predicted molar refractivity (Wildman–Crippen MR) is 80.3 cm³/mol. The van der Waals surface area contributed by atoms with E-state index in [1.54, 1.807) is 19.2 Å². The summed E-state index contributed by atoms with van der Waals surface area (Å²) in [5.41, 5.74) is 0.820. The Bertz CT molecular complexity index is 807. The van der Waals surface area contributed by atoms with E-state index in [4.69, 9.17) is 5.11 Å². The highest BCUT2D eigenvalue weighted by Crippen LogP contribution is 2.26. The lowest BCUT2D eigenvalue weighted by atomic mass is 10.3. The number of carboxylic acid groups (broad SMARTS) is 1. The molecule has 118 valence electrons. The summed E-state index contributed by atoms with van der Waals surface area (Å²) in [7, 11) is -3.94. The molecule has 0 atom stereocenters. The van der Waals surface area contributed by atoms with E-state index in [1.165, 1.54) is 10.1 Å². The van der Waals surface area contributed by atoms with Gasteiger partial charge < -0.3 is 5.11 Å². The molecule has 8 nitrogen and oxygen atoms in total. The summed E-state index contributed by atoms with van der Waals surface area (Å²) in [6.07, 6.45) is 3.22. The highest BCUT2D eigenvalue weighted by molar-refractivity contribution is 7.89. The predicted octanol–water partition coefficient (Wildman–Crippen LogP) is 1.01. The van der Waals surface area contributed by atoms with E-state index in [-0.39, 0.29) is 16.3 Å². The number of nitrogens with zero attached hydrogens (tertiary/aromatic N) is 3. The zero-order valence-electron chi connectivity index (χ0n) is 11.7. The Morgan fingerprint density at radius 1 is 1.59 bits per heavy atom. The lowest BCUT2D eigenvalue weighted by Crippen LogP contribution is -2.25. The van der Waals surface area contributed by atoms with Gasteiger partial charge in [0.1, 0.15) is 9.77 Å². The molecule has 0 spiro atoms. The highest BCUT2D eigenvalue weighted by atomic mass is 32.2. The summed E-state index contributed by atoms with van der Waals surface area (Å²) >= 11 is 0.882. The number of thiophene rings is 1. The number of rotatable bonds is 7. The largest absolute Gasteiger partial charge is 0.477 e. The van der Waals surface area contributed by atoms with Gasteiger partial charge in [-0.2, -0.15) is 0 Å². The average molecular weight is 342 g/mol. The van der Waals surface area contributed by atoms with Gasteiger partial charge in [-0.05, 0) is 17.9 Å². The molecule has 2 aromatic rings. The van der Waals surface area contributed by atoms with Crippen LogP contribution in [0.5, 0.6) is 0 Å². The Hall–Kier alpha value is -2.04. The van der Waals surface area contributed by atoms with Crippen molar-refractivity contribution >= 4 is 27.3 Å². The summed E-state index contributed by atoms with van der Waals surface area (Å²) in [6, 6.07) is 0. The van der Waals surface area contributed by atoms with Crippen LogP contribution in [0.3, 0.4) is 0 Å². The molecule has 2 N–H and O–H groups in total. The molecule has 2 heterocycles. The first-order valence-electron chi connectivity index (χ1n) is 6.16. The summed E-state index contributed by atoms with van der Waals surface area (Å²) in [6.45, 7) is 5.51. The van der Waals surface area contributed by atoms with E-state index in [9.17, 15) is 13.2 Å². The fourth-order valence-electron chi connectivity index (χ4n) is 1.80. The molecule has 22 heavy (non-hydrogen) atoms. The van der Waals surface area contributed by atoms with Crippen LogP contribution in [0.15, 0.2) is 29.1 Å². The maximum Gasteiger partial charge on any atom is 0.347 e. The molecule has 0 aliphatic rings. The molecule has 0 aliphatic heterocycles. The molecule has 2 aromatic heterocycles. The van der Waals surface area contributed by atoms with Crippen LogP contribution in [0, 0.1) is 6.92 Å². The molecule has 10 heteroatoms. The molecule has 0 bridgehead atoms. The molecule has 2 rings (SSSR count). The standard InChI is InChI=1S/C12H14N4O4S2/c1-3-4-16-6-9(14-15-16)5-13-22(19,20)11-8(2)7-21-10(11)12(17)18/h3,6-7,13H,1,4-5H2,2H3,(H,17,18). The number of aromatic nitrogens is 3. The number of sulfonamides is 1. The van der Waals surface area contributed by atoms with Gasteiger partial charge in [0.2, 0.25) is 10.0 Å². The minimum absolute atomic E-state index is 0.0756. The number of aromatic carboxylic acids is 1. The van der Waals surface area contributed by atoms with Crippen molar-refractivity contribution in [3.8, 4) is 0 Å². The van der Waals surface area contributed by atoms with Crippen molar-refractivity contribution in [3.63, 3.8) is 0 Å². The van der Waals surface area contributed by atoms with Gasteiger partial charge >= 0.3 is 5.97 Å². The minimum Gasteiger partial charge on any atom is -0.477 e. The van der Waals surface area contributed by atoms with Crippen molar-refractivity contribution in [1.82, 2.24) is 19.7 Å². The maximum atomic E-state index is 12.3. The van der Waals surface area contributed by atoms with Gasteiger partial charge in [-0.3, -0.25) is 0 Å². The quantitative estimate of drug-likeness (QED) is 0.726. The Labute approximate surface area is 131 Å². The molecular weight excluding hydrogens is 328 g/mol. The number of aryl methyl sites for hydroxylation is 1. The van der Waals surface area contributed by atoms with Gasteiger partial charge in [0.15, 0.2) is 0 Å². The second-order valence-electron chi connectivity index (χ2n) is 4.43. The van der Waals surface area contributed by atoms with Crippen LogP contribution in [-0.4, -0.2) is 34.5 Å². The first kappa shape index (κ1) is 16.3. The Balaban J connectivity index is 2.19. The van der Waals surface area contributed by atoms with E-state index in [0.29, 0.717) is 17.8 Å². The van der Waals surface area contributed by atoms with Gasteiger partial charge in [0, 0.05) is 0 Å². The fourth-order valence-corrected chi connectivity index (χ4v) is 4.42. The van der Waals surface area contributed by atoms with Gasteiger partial charge in [-0.1, -0.05) is 11.3 Å². The second-order valence-corrected chi connectivity index (χ2v) is 7.01. The summed E-state index contributed by atoms with van der Waals surface area (Å²) in [5.74, 6) is -1.27. The molecule has 0 radical (unpaired) electrons. The van der Waals surface area contributed by atoms with Crippen LogP contribution in [0.4, 0.5) is 0 Å². The third kappa shape index (κ3) is 3.40. The summed E-state index contributed by atoms with van der Waals surface area (Å²) in [5, 5.41) is 18.2. The van der Waals surface area contributed by atoms with Crippen molar-refractivity contribution in [2.24, 2.45) is 0 Å². The minimum atomic E-state index is -3.94. The molecule has 0 aromatic carbocycles. The second kappa shape index (κ2) is 6.38. The number of nitrogens with one attached hydrogen (secondary N) is 1. The van der Waals surface area contributed by atoms with Crippen LogP contribution < -0.4 is 4.72 Å². The molecule has 0 amide bonds. The van der Waals surface area contributed by atoms with Crippen molar-refractivity contribution in [2.45, 2.75) is 24.9 Å². The van der Waals surface area contributed by atoms with E-state index < -0.39 is 16.0 Å². The summed E-state index contributed by atoms with van der Waals surface area (Å²) in [4.78, 5) is 10.7. The smallest absolute Gasteiger partial charge is 0.347 e. The number of carbonyl (C=O) groups is 1. The van der Waals surface area contributed by atoms with Gasteiger partial charge in [0.25, 0.3) is 0 Å². The van der Waals surface area contributed by atoms with Crippen LogP contribution in [0.2, 0.25) is 0 Å². The average Bonchev–Trinajstić information content (AvgIpc) is 3.04. The van der Waals surface area contributed by atoms with Crippen LogP contribution in [-0.2, 0) is 23.1 Å². The zero-order chi connectivity index (χ0) is 16.3. The van der Waals surface area contributed by atoms with E-state index >= 15 is 0 Å². The van der Waals surface area contributed by atoms with Gasteiger partial charge in [-0.15, -0.1) is 23.0 Å². The molecule has 0 aliphatic carbocycles. The SMILES string of the molecule is C=CCn1cc(CNS(=O)(=O)c2c(C)csc2C(=O)O)nn1. The third-order valence-corrected chi connectivity index (χ3v) is 5.53. The molecule has 0 fully saturated rings. The Morgan fingerprint density at radius 2 is 2.32 bits per heavy atom. The molecule has 0 unspecified atom stereocenters. The van der Waals surface area contributed by atoms with Gasteiger partial charge in [-0.25, -0.2) is 22.6 Å². The number of allylic oxidation sites excluding steroid dienone is 1. The Kier molecular flexibility index (Phi) is 4.74. The van der Waals surface area contributed by atoms with Crippen LogP contribution >= 0.6 is 11.3 Å². The van der Waals surface area contributed by atoms with Crippen molar-refractivity contribution in [1.29, 1.82) is 0 Å². The van der Waals surface area contributed by atoms with E-state index in [2.05, 4.69) is 21.6 Å². The van der Waals surface area contributed by atoms with Crippen LogP contribution in [0.1, 0.15) is 20.9 Å². The Morgan fingerprint density at radius 3 is 2.95 bits per heavy atom. The molecule has 0 saturated carbocycles. The van der Waals surface area contributed by atoms with Crippen molar-refractivity contribution < 1.29 is 18.3 Å². The van der Waals surface area contributed by atoms with Gasteiger partial charge in [0.05, 0.1) is 25.0 Å². The molecular formula is C12H14N4O4S2. The first-order valence-corrected chi connectivity index (χ1v) is 8.52. The number of hydrogen-bond acceptors (Lipinski definition) is 6. The zero-order valence-corrected chi connectivity index (χ0v) is 13.3. The van der Waals surface area contributed by atoms with Crippen molar-refractivity contribution in [2.75, 3.05) is 0 Å². The fraction of sp³-hybridized carbons (Fsp3) is 0.250. The van der Waals surface area contributed by atoms with E-state index in [1.807, 2.05) is 0 Å². The lowest BCUT2D eigenvalue weighted by molar-refractivity contribution is 0.0698. The molecule has 0 saturated heterocycles. The first-order chi connectivity index (χ1) is 10.3. The number of hydrogen-bond donors (Lipinski definition) is 2. The lowest BCUT2D eigenvalue weighted by Gasteiger charge is -2.06. The monoisotopic (exact) mass is 342 g/mol. The topological polar surface area (TPSA) is 114 Å². The highest BCUT2D eigenvalue weighted by Gasteiger charge is 2.26. The van der Waals surface area contributed by atoms with E-state index in [0.717, 1.165) is 11.3 Å². The maximum absolute atomic E-state index is 12.3. The summed E-state index contributed by atoms with van der Waals surface area (Å²) < 4.78 is 28.5. The van der Waals surface area contributed by atoms with Crippen molar-refractivity contribution in [3.05, 3.63) is 40.4 Å². The number of carboxylic acids is 1. The third-order valence-electron chi connectivity index (χ3n) is 2.73.